The zero-order valence-corrected chi connectivity index (χ0v) is 13.0. The highest BCUT2D eigenvalue weighted by Crippen LogP contribution is 2.31. The van der Waals surface area contributed by atoms with Gasteiger partial charge in [0.15, 0.2) is 5.82 Å². The second-order valence-electron chi connectivity index (χ2n) is 5.49. The van der Waals surface area contributed by atoms with E-state index in [9.17, 15) is 0 Å². The lowest BCUT2D eigenvalue weighted by Crippen LogP contribution is -2.25. The molecule has 0 saturated heterocycles. The largest absolute Gasteiger partial charge is 0.305 e. The Kier molecular flexibility index (Phi) is 3.88. The molecule has 1 aromatic carbocycles. The van der Waals surface area contributed by atoms with E-state index in [1.807, 2.05) is 25.1 Å². The number of hydrogen-bond donors (Lipinski definition) is 0. The van der Waals surface area contributed by atoms with E-state index in [2.05, 4.69) is 35.5 Å². The summed E-state index contributed by atoms with van der Waals surface area (Å²) in [5, 5.41) is 9.21. The summed E-state index contributed by atoms with van der Waals surface area (Å²) in [4.78, 5) is 0. The Hall–Kier alpha value is -1.06. The number of aromatic nitrogens is 3. The van der Waals surface area contributed by atoms with Gasteiger partial charge < -0.3 is 4.57 Å². The maximum absolute atomic E-state index is 6.19. The molecule has 2 aromatic rings. The molecule has 3 nitrogen and oxygen atoms in total. The van der Waals surface area contributed by atoms with Crippen LogP contribution in [0.5, 0.6) is 0 Å². The van der Waals surface area contributed by atoms with E-state index in [4.69, 9.17) is 23.2 Å². The van der Waals surface area contributed by atoms with Crippen LogP contribution < -0.4 is 0 Å². The molecule has 19 heavy (non-hydrogen) atoms. The van der Waals surface area contributed by atoms with Gasteiger partial charge in [0, 0.05) is 16.1 Å². The van der Waals surface area contributed by atoms with Crippen LogP contribution in [-0.4, -0.2) is 14.8 Å². The highest BCUT2D eigenvalue weighted by atomic mass is 35.5. The topological polar surface area (TPSA) is 30.7 Å². The lowest BCUT2D eigenvalue weighted by Gasteiger charge is -2.25. The molecule has 0 aliphatic heterocycles. The average molecular weight is 298 g/mol. The summed E-state index contributed by atoms with van der Waals surface area (Å²) in [6.07, 6.45) is 0. The zero-order chi connectivity index (χ0) is 14.2. The lowest BCUT2D eigenvalue weighted by atomic mass is 10.0. The number of rotatable bonds is 2. The molecule has 0 radical (unpaired) electrons. The summed E-state index contributed by atoms with van der Waals surface area (Å²) in [5.41, 5.74) is 1.85. The molecule has 2 rings (SSSR count). The molecule has 0 spiro atoms. The van der Waals surface area contributed by atoms with Crippen LogP contribution in [0, 0.1) is 6.92 Å². The number of hydrogen-bond acceptors (Lipinski definition) is 2. The van der Waals surface area contributed by atoms with Crippen LogP contribution in [-0.2, 0) is 11.4 Å². The fourth-order valence-electron chi connectivity index (χ4n) is 2.13. The van der Waals surface area contributed by atoms with Crippen LogP contribution in [0.3, 0.4) is 0 Å². The SMILES string of the molecule is Cc1c(Cl)cccc1-c1nnc(CCl)n1C(C)(C)C. The summed E-state index contributed by atoms with van der Waals surface area (Å²) in [7, 11) is 0. The quantitative estimate of drug-likeness (QED) is 0.769. The van der Waals surface area contributed by atoms with E-state index >= 15 is 0 Å². The van der Waals surface area contributed by atoms with Crippen molar-refractivity contribution < 1.29 is 0 Å². The molecule has 1 aromatic heterocycles. The first-order valence-electron chi connectivity index (χ1n) is 6.12. The smallest absolute Gasteiger partial charge is 0.164 e. The maximum Gasteiger partial charge on any atom is 0.164 e. The van der Waals surface area contributed by atoms with Gasteiger partial charge in [-0.2, -0.15) is 0 Å². The first kappa shape index (κ1) is 14.4. The molecule has 0 amide bonds. The number of nitrogens with zero attached hydrogens (tertiary/aromatic N) is 3. The van der Waals surface area contributed by atoms with Crippen molar-refractivity contribution in [3.05, 3.63) is 34.6 Å². The summed E-state index contributed by atoms with van der Waals surface area (Å²) in [6.45, 7) is 8.31. The number of alkyl halides is 1. The van der Waals surface area contributed by atoms with Crippen LogP contribution in [0.1, 0.15) is 32.2 Å². The van der Waals surface area contributed by atoms with Crippen LogP contribution in [0.4, 0.5) is 0 Å². The first-order valence-corrected chi connectivity index (χ1v) is 7.03. The molecule has 0 aliphatic carbocycles. The summed E-state index contributed by atoms with van der Waals surface area (Å²) in [6, 6.07) is 5.80. The third-order valence-corrected chi connectivity index (χ3v) is 3.68. The molecule has 102 valence electrons. The third-order valence-electron chi connectivity index (χ3n) is 3.03. The van der Waals surface area contributed by atoms with Crippen molar-refractivity contribution in [2.45, 2.75) is 39.1 Å². The second kappa shape index (κ2) is 5.14. The van der Waals surface area contributed by atoms with Crippen molar-refractivity contribution in [1.29, 1.82) is 0 Å². The standard InChI is InChI=1S/C14H17Cl2N3/c1-9-10(6-5-7-11(9)16)13-18-17-12(8-15)19(13)14(2,3)4/h5-7H,8H2,1-4H3. The third kappa shape index (κ3) is 2.63. The van der Waals surface area contributed by atoms with E-state index < -0.39 is 0 Å². The van der Waals surface area contributed by atoms with E-state index in [0.29, 0.717) is 5.88 Å². The summed E-state index contributed by atoms with van der Waals surface area (Å²) in [5.74, 6) is 1.91. The molecule has 0 bridgehead atoms. The monoisotopic (exact) mass is 297 g/mol. The molecule has 0 unspecified atom stereocenters. The Morgan fingerprint density at radius 2 is 1.89 bits per heavy atom. The van der Waals surface area contributed by atoms with E-state index in [-0.39, 0.29) is 5.54 Å². The molecule has 0 fully saturated rings. The Bertz CT molecular complexity index is 597. The molecular weight excluding hydrogens is 281 g/mol. The van der Waals surface area contributed by atoms with Crippen molar-refractivity contribution in [2.75, 3.05) is 0 Å². The highest BCUT2D eigenvalue weighted by Gasteiger charge is 2.24. The van der Waals surface area contributed by atoms with Crippen molar-refractivity contribution in [3.8, 4) is 11.4 Å². The molecule has 0 saturated carbocycles. The van der Waals surface area contributed by atoms with Gasteiger partial charge in [-0.15, -0.1) is 21.8 Å². The Morgan fingerprint density at radius 1 is 1.21 bits per heavy atom. The molecule has 0 atom stereocenters. The van der Waals surface area contributed by atoms with Gasteiger partial charge in [-0.3, -0.25) is 0 Å². The summed E-state index contributed by atoms with van der Waals surface area (Å²) >= 11 is 12.1. The van der Waals surface area contributed by atoms with Crippen LogP contribution >= 0.6 is 23.2 Å². The minimum atomic E-state index is -0.141. The number of halogens is 2. The van der Waals surface area contributed by atoms with Crippen molar-refractivity contribution >= 4 is 23.2 Å². The normalized spacial score (nSPS) is 11.9. The predicted octanol–water partition coefficient (Wildman–Crippen LogP) is 4.40. The van der Waals surface area contributed by atoms with E-state index in [1.54, 1.807) is 0 Å². The van der Waals surface area contributed by atoms with E-state index in [0.717, 1.165) is 27.8 Å². The minimum Gasteiger partial charge on any atom is -0.305 e. The molecule has 0 aliphatic rings. The van der Waals surface area contributed by atoms with E-state index in [1.165, 1.54) is 0 Å². The fourth-order valence-corrected chi connectivity index (χ4v) is 2.48. The van der Waals surface area contributed by atoms with Crippen LogP contribution in [0.2, 0.25) is 5.02 Å². The predicted molar refractivity (Wildman–Crippen MR) is 79.8 cm³/mol. The van der Waals surface area contributed by atoms with Gasteiger partial charge in [0.25, 0.3) is 0 Å². The lowest BCUT2D eigenvalue weighted by molar-refractivity contribution is 0.390. The molecule has 1 heterocycles. The minimum absolute atomic E-state index is 0.141. The summed E-state index contributed by atoms with van der Waals surface area (Å²) < 4.78 is 2.07. The fraction of sp³-hybridized carbons (Fsp3) is 0.429. The Balaban J connectivity index is 2.70. The van der Waals surface area contributed by atoms with Gasteiger partial charge in [-0.05, 0) is 39.3 Å². The Labute approximate surface area is 123 Å². The maximum atomic E-state index is 6.19. The van der Waals surface area contributed by atoms with Crippen molar-refractivity contribution in [2.24, 2.45) is 0 Å². The van der Waals surface area contributed by atoms with Gasteiger partial charge in [0.05, 0.1) is 5.88 Å². The van der Waals surface area contributed by atoms with Crippen molar-refractivity contribution in [1.82, 2.24) is 14.8 Å². The number of benzene rings is 1. The van der Waals surface area contributed by atoms with Gasteiger partial charge in [0.1, 0.15) is 5.82 Å². The second-order valence-corrected chi connectivity index (χ2v) is 6.17. The Morgan fingerprint density at radius 3 is 2.47 bits per heavy atom. The zero-order valence-electron chi connectivity index (χ0n) is 11.5. The first-order chi connectivity index (χ1) is 8.86. The molecule has 5 heteroatoms. The average Bonchev–Trinajstić information content (AvgIpc) is 2.76. The van der Waals surface area contributed by atoms with Crippen molar-refractivity contribution in [3.63, 3.8) is 0 Å². The van der Waals surface area contributed by atoms with Crippen LogP contribution in [0.15, 0.2) is 18.2 Å². The molecular formula is C14H17Cl2N3. The van der Waals surface area contributed by atoms with Crippen LogP contribution in [0.25, 0.3) is 11.4 Å². The van der Waals surface area contributed by atoms with Gasteiger partial charge in [-0.25, -0.2) is 0 Å². The van der Waals surface area contributed by atoms with Gasteiger partial charge in [-0.1, -0.05) is 23.7 Å². The van der Waals surface area contributed by atoms with Gasteiger partial charge >= 0.3 is 0 Å². The highest BCUT2D eigenvalue weighted by molar-refractivity contribution is 6.31. The molecule has 0 N–H and O–H groups in total. The van der Waals surface area contributed by atoms with Gasteiger partial charge in [0.2, 0.25) is 0 Å².